The van der Waals surface area contributed by atoms with Crippen molar-refractivity contribution in [3.05, 3.63) is 54.0 Å². The van der Waals surface area contributed by atoms with E-state index >= 15 is 0 Å². The van der Waals surface area contributed by atoms with Crippen molar-refractivity contribution in [1.29, 1.82) is 0 Å². The third-order valence-corrected chi connectivity index (χ3v) is 2.44. The van der Waals surface area contributed by atoms with E-state index in [1.54, 1.807) is 43.7 Å². The fraction of sp³-hybridized carbons (Fsp3) is 0.143. The molecule has 2 heterocycles. The second-order valence-electron chi connectivity index (χ2n) is 3.86. The number of amides is 1. The maximum absolute atomic E-state index is 12.4. The molecule has 96 valence electrons. The average Bonchev–Trinajstić information content (AvgIpc) is 2.45. The Labute approximate surface area is 111 Å². The molecule has 2 rings (SSSR count). The molecule has 0 unspecified atom stereocenters. The van der Waals surface area contributed by atoms with Gasteiger partial charge in [-0.3, -0.25) is 9.78 Å². The monoisotopic (exact) mass is 254 g/mol. The molecule has 0 aromatic carbocycles. The highest BCUT2D eigenvalue weighted by molar-refractivity contribution is 6.05. The lowest BCUT2D eigenvalue weighted by atomic mass is 10.2. The van der Waals surface area contributed by atoms with Gasteiger partial charge in [-0.2, -0.15) is 10.1 Å². The van der Waals surface area contributed by atoms with Gasteiger partial charge < -0.3 is 0 Å². The molecule has 0 atom stereocenters. The van der Waals surface area contributed by atoms with Gasteiger partial charge in [-0.1, -0.05) is 6.07 Å². The Morgan fingerprint density at radius 3 is 2.63 bits per heavy atom. The van der Waals surface area contributed by atoms with E-state index in [0.717, 1.165) is 5.69 Å². The fourth-order valence-electron chi connectivity index (χ4n) is 1.59. The molecule has 0 fully saturated rings. The van der Waals surface area contributed by atoms with Gasteiger partial charge in [0.25, 0.3) is 5.91 Å². The predicted molar refractivity (Wildman–Crippen MR) is 74.2 cm³/mol. The lowest BCUT2D eigenvalue weighted by Gasteiger charge is -2.16. The van der Waals surface area contributed by atoms with Crippen LogP contribution in [0.1, 0.15) is 23.0 Å². The number of pyridine rings is 2. The van der Waals surface area contributed by atoms with E-state index in [0.29, 0.717) is 11.4 Å². The van der Waals surface area contributed by atoms with Crippen molar-refractivity contribution in [2.24, 2.45) is 5.10 Å². The van der Waals surface area contributed by atoms with Crippen molar-refractivity contribution in [3.63, 3.8) is 0 Å². The zero-order valence-electron chi connectivity index (χ0n) is 10.8. The van der Waals surface area contributed by atoms with E-state index in [-0.39, 0.29) is 5.91 Å². The van der Waals surface area contributed by atoms with Crippen molar-refractivity contribution >= 4 is 17.9 Å². The van der Waals surface area contributed by atoms with Crippen molar-refractivity contribution in [2.75, 3.05) is 5.01 Å². The Kier molecular flexibility index (Phi) is 3.97. The first-order valence-corrected chi connectivity index (χ1v) is 5.89. The second-order valence-corrected chi connectivity index (χ2v) is 3.86. The zero-order chi connectivity index (χ0) is 13.7. The minimum Gasteiger partial charge on any atom is -0.267 e. The number of hydrazone groups is 1. The quantitative estimate of drug-likeness (QED) is 0.624. The van der Waals surface area contributed by atoms with Gasteiger partial charge in [0.1, 0.15) is 0 Å². The highest BCUT2D eigenvalue weighted by Crippen LogP contribution is 2.15. The summed E-state index contributed by atoms with van der Waals surface area (Å²) in [6.07, 6.45) is 4.71. The van der Waals surface area contributed by atoms with Gasteiger partial charge in [-0.25, -0.2) is 4.98 Å². The maximum Gasteiger partial charge on any atom is 0.280 e. The van der Waals surface area contributed by atoms with Gasteiger partial charge in [0.05, 0.1) is 0 Å². The molecule has 0 spiro atoms. The van der Waals surface area contributed by atoms with Crippen molar-refractivity contribution in [2.45, 2.75) is 13.8 Å². The number of aromatic nitrogens is 2. The van der Waals surface area contributed by atoms with Crippen LogP contribution in [0, 0.1) is 6.92 Å². The summed E-state index contributed by atoms with van der Waals surface area (Å²) >= 11 is 0. The molecule has 19 heavy (non-hydrogen) atoms. The largest absolute Gasteiger partial charge is 0.280 e. The number of hydrogen-bond acceptors (Lipinski definition) is 4. The molecule has 2 aromatic heterocycles. The number of nitrogens with zero attached hydrogens (tertiary/aromatic N) is 4. The van der Waals surface area contributed by atoms with Gasteiger partial charge in [0, 0.05) is 29.9 Å². The standard InChI is InChI=1S/C14H14N4O/c1-3-16-18(13-6-4-5-11(2)17-13)14(19)12-7-9-15-10-8-12/h3-10H,1-2H3/b16-3-. The van der Waals surface area contributed by atoms with Gasteiger partial charge in [-0.15, -0.1) is 0 Å². The predicted octanol–water partition coefficient (Wildman–Crippen LogP) is 2.44. The molecule has 5 heteroatoms. The lowest BCUT2D eigenvalue weighted by molar-refractivity contribution is 0.0987. The Hall–Kier alpha value is -2.56. The molecule has 2 aromatic rings. The summed E-state index contributed by atoms with van der Waals surface area (Å²) in [5.41, 5.74) is 1.35. The summed E-state index contributed by atoms with van der Waals surface area (Å²) < 4.78 is 0. The molecule has 0 aliphatic carbocycles. The third-order valence-electron chi connectivity index (χ3n) is 2.44. The highest BCUT2D eigenvalue weighted by atomic mass is 16.2. The number of carbonyl (C=O) groups is 1. The lowest BCUT2D eigenvalue weighted by Crippen LogP contribution is -2.26. The normalized spacial score (nSPS) is 10.6. The number of carbonyl (C=O) groups excluding carboxylic acids is 1. The van der Waals surface area contributed by atoms with Crippen molar-refractivity contribution in [3.8, 4) is 0 Å². The zero-order valence-corrected chi connectivity index (χ0v) is 10.8. The molecule has 0 aliphatic heterocycles. The Morgan fingerprint density at radius 2 is 2.00 bits per heavy atom. The van der Waals surface area contributed by atoms with Crippen LogP contribution in [0.4, 0.5) is 5.82 Å². The average molecular weight is 254 g/mol. The molecule has 1 amide bonds. The van der Waals surface area contributed by atoms with Crippen LogP contribution in [0.5, 0.6) is 0 Å². The van der Waals surface area contributed by atoms with Crippen molar-refractivity contribution in [1.82, 2.24) is 9.97 Å². The van der Waals surface area contributed by atoms with Gasteiger partial charge in [0.2, 0.25) is 0 Å². The topological polar surface area (TPSA) is 58.5 Å². The van der Waals surface area contributed by atoms with Crippen LogP contribution in [0.3, 0.4) is 0 Å². The summed E-state index contributed by atoms with van der Waals surface area (Å²) in [6, 6.07) is 8.76. The van der Waals surface area contributed by atoms with Crippen LogP contribution >= 0.6 is 0 Å². The molecule has 0 aliphatic rings. The Morgan fingerprint density at radius 1 is 1.26 bits per heavy atom. The minimum absolute atomic E-state index is 0.237. The minimum atomic E-state index is -0.237. The number of hydrogen-bond donors (Lipinski definition) is 0. The molecule has 0 N–H and O–H groups in total. The second kappa shape index (κ2) is 5.86. The number of aryl methyl sites for hydroxylation is 1. The maximum atomic E-state index is 12.4. The molecule has 5 nitrogen and oxygen atoms in total. The van der Waals surface area contributed by atoms with Crippen LogP contribution in [-0.4, -0.2) is 22.1 Å². The smallest absolute Gasteiger partial charge is 0.267 e. The van der Waals surface area contributed by atoms with E-state index in [1.807, 2.05) is 19.1 Å². The van der Waals surface area contributed by atoms with E-state index < -0.39 is 0 Å². The van der Waals surface area contributed by atoms with Crippen LogP contribution in [0.15, 0.2) is 47.8 Å². The summed E-state index contributed by atoms with van der Waals surface area (Å²) in [4.78, 5) is 20.6. The van der Waals surface area contributed by atoms with Crippen LogP contribution < -0.4 is 5.01 Å². The summed E-state index contributed by atoms with van der Waals surface area (Å²) in [5, 5.41) is 5.37. The summed E-state index contributed by atoms with van der Waals surface area (Å²) in [5.74, 6) is 0.263. The first-order chi connectivity index (χ1) is 9.22. The Balaban J connectivity index is 2.39. The van der Waals surface area contributed by atoms with E-state index in [4.69, 9.17) is 0 Å². The fourth-order valence-corrected chi connectivity index (χ4v) is 1.59. The number of anilines is 1. The van der Waals surface area contributed by atoms with E-state index in [1.165, 1.54) is 5.01 Å². The molecule has 0 radical (unpaired) electrons. The van der Waals surface area contributed by atoms with E-state index in [9.17, 15) is 4.79 Å². The van der Waals surface area contributed by atoms with Crippen molar-refractivity contribution < 1.29 is 4.79 Å². The number of rotatable bonds is 3. The summed E-state index contributed by atoms with van der Waals surface area (Å²) in [7, 11) is 0. The van der Waals surface area contributed by atoms with Gasteiger partial charge >= 0.3 is 0 Å². The van der Waals surface area contributed by atoms with Crippen LogP contribution in [0.25, 0.3) is 0 Å². The molecular formula is C14H14N4O. The first kappa shape index (κ1) is 12.9. The molecule has 0 saturated carbocycles. The van der Waals surface area contributed by atoms with E-state index in [2.05, 4.69) is 15.1 Å². The van der Waals surface area contributed by atoms with Crippen LogP contribution in [-0.2, 0) is 0 Å². The highest BCUT2D eigenvalue weighted by Gasteiger charge is 2.17. The van der Waals surface area contributed by atoms with Crippen LogP contribution in [0.2, 0.25) is 0 Å². The van der Waals surface area contributed by atoms with Gasteiger partial charge in [0.15, 0.2) is 5.82 Å². The third kappa shape index (κ3) is 3.01. The molecular weight excluding hydrogens is 240 g/mol. The Bertz CT molecular complexity index is 595. The molecule has 0 bridgehead atoms. The summed E-state index contributed by atoms with van der Waals surface area (Å²) in [6.45, 7) is 3.62. The molecule has 0 saturated heterocycles. The SMILES string of the molecule is C/C=N\N(C(=O)c1ccncc1)c1cccc(C)n1. The van der Waals surface area contributed by atoms with Gasteiger partial charge in [-0.05, 0) is 38.1 Å². The first-order valence-electron chi connectivity index (χ1n) is 5.89.